The number of likely N-dealkylation sites (tertiary alicyclic amines) is 1. The third-order valence-corrected chi connectivity index (χ3v) is 6.49. The number of rotatable bonds is 7. The first-order valence-corrected chi connectivity index (χ1v) is 11.9. The fourth-order valence-electron chi connectivity index (χ4n) is 4.74. The van der Waals surface area contributed by atoms with Crippen LogP contribution < -0.4 is 10.1 Å². The van der Waals surface area contributed by atoms with Crippen molar-refractivity contribution in [3.63, 3.8) is 0 Å². The third-order valence-electron chi connectivity index (χ3n) is 6.49. The number of nitrogens with zero attached hydrogens (tertiary/aromatic N) is 2. The molecule has 4 heteroatoms. The number of aryl methyl sites for hydroxylation is 1. The summed E-state index contributed by atoms with van der Waals surface area (Å²) in [7, 11) is 0. The molecular weight excluding hydrogens is 406 g/mol. The van der Waals surface area contributed by atoms with Gasteiger partial charge in [-0.25, -0.2) is 0 Å². The number of fused-ring (bicyclic) bond motifs is 1. The SMILES string of the molecule is Cc1cc(Nc2cccc(OCCN3CCC(c4ccccc4)CC3)c2)c2ccccc2n1. The summed E-state index contributed by atoms with van der Waals surface area (Å²) in [5, 5.41) is 4.68. The maximum absolute atomic E-state index is 6.12. The minimum atomic E-state index is 0.694. The molecule has 0 amide bonds. The highest BCUT2D eigenvalue weighted by Crippen LogP contribution is 2.29. The van der Waals surface area contributed by atoms with Gasteiger partial charge in [-0.1, -0.05) is 54.6 Å². The number of anilines is 2. The molecule has 1 aliphatic heterocycles. The Kier molecular flexibility index (Phi) is 6.54. The van der Waals surface area contributed by atoms with Crippen LogP contribution in [0.25, 0.3) is 10.9 Å². The molecule has 0 saturated carbocycles. The first kappa shape index (κ1) is 21.5. The average Bonchev–Trinajstić information content (AvgIpc) is 2.85. The highest BCUT2D eigenvalue weighted by molar-refractivity contribution is 5.93. The van der Waals surface area contributed by atoms with E-state index in [1.165, 1.54) is 18.4 Å². The van der Waals surface area contributed by atoms with Gasteiger partial charge in [0.25, 0.3) is 0 Å². The van der Waals surface area contributed by atoms with Crippen LogP contribution in [0.1, 0.15) is 30.0 Å². The van der Waals surface area contributed by atoms with E-state index in [2.05, 4.69) is 75.9 Å². The molecule has 168 valence electrons. The maximum atomic E-state index is 6.12. The normalized spacial score (nSPS) is 14.9. The highest BCUT2D eigenvalue weighted by Gasteiger charge is 2.20. The summed E-state index contributed by atoms with van der Waals surface area (Å²) >= 11 is 0. The van der Waals surface area contributed by atoms with Crippen LogP contribution >= 0.6 is 0 Å². The van der Waals surface area contributed by atoms with Crippen LogP contribution in [-0.2, 0) is 0 Å². The van der Waals surface area contributed by atoms with Crippen molar-refractivity contribution in [2.24, 2.45) is 0 Å². The van der Waals surface area contributed by atoms with E-state index in [0.29, 0.717) is 12.5 Å². The Balaban J connectivity index is 1.15. The lowest BCUT2D eigenvalue weighted by Crippen LogP contribution is -2.35. The molecule has 1 aromatic heterocycles. The van der Waals surface area contributed by atoms with Crippen LogP contribution in [0.5, 0.6) is 5.75 Å². The van der Waals surface area contributed by atoms with Crippen molar-refractivity contribution in [1.82, 2.24) is 9.88 Å². The Morgan fingerprint density at radius 2 is 1.70 bits per heavy atom. The van der Waals surface area contributed by atoms with E-state index in [0.717, 1.165) is 53.4 Å². The smallest absolute Gasteiger partial charge is 0.121 e. The van der Waals surface area contributed by atoms with E-state index in [1.54, 1.807) is 0 Å². The summed E-state index contributed by atoms with van der Waals surface area (Å²) in [5.41, 5.74) is 5.57. The van der Waals surface area contributed by atoms with Crippen molar-refractivity contribution in [2.75, 3.05) is 31.6 Å². The van der Waals surface area contributed by atoms with Crippen LogP contribution in [-0.4, -0.2) is 36.1 Å². The number of ether oxygens (including phenoxy) is 1. The molecule has 1 fully saturated rings. The lowest BCUT2D eigenvalue weighted by Gasteiger charge is -2.32. The number of benzene rings is 3. The largest absolute Gasteiger partial charge is 0.492 e. The number of para-hydroxylation sites is 1. The molecule has 3 aromatic carbocycles. The molecule has 0 atom stereocenters. The number of hydrogen-bond donors (Lipinski definition) is 1. The van der Waals surface area contributed by atoms with Crippen molar-refractivity contribution in [1.29, 1.82) is 0 Å². The van der Waals surface area contributed by atoms with Gasteiger partial charge in [-0.15, -0.1) is 0 Å². The van der Waals surface area contributed by atoms with Gasteiger partial charge in [0.15, 0.2) is 0 Å². The van der Waals surface area contributed by atoms with E-state index in [1.807, 2.05) is 31.2 Å². The van der Waals surface area contributed by atoms with E-state index < -0.39 is 0 Å². The minimum absolute atomic E-state index is 0.694. The number of hydrogen-bond acceptors (Lipinski definition) is 4. The van der Waals surface area contributed by atoms with Gasteiger partial charge in [0.05, 0.1) is 5.52 Å². The Labute approximate surface area is 196 Å². The van der Waals surface area contributed by atoms with Crippen LogP contribution in [0.2, 0.25) is 0 Å². The third kappa shape index (κ3) is 5.35. The maximum Gasteiger partial charge on any atom is 0.121 e. The van der Waals surface area contributed by atoms with Crippen LogP contribution in [0, 0.1) is 6.92 Å². The number of piperidine rings is 1. The van der Waals surface area contributed by atoms with Crippen molar-refractivity contribution >= 4 is 22.3 Å². The summed E-state index contributed by atoms with van der Waals surface area (Å²) < 4.78 is 6.12. The first-order valence-electron chi connectivity index (χ1n) is 11.9. The van der Waals surface area contributed by atoms with Crippen LogP contribution in [0.4, 0.5) is 11.4 Å². The Bertz CT molecular complexity index is 1200. The second-order valence-electron chi connectivity index (χ2n) is 8.86. The predicted octanol–water partition coefficient (Wildman–Crippen LogP) is 6.55. The van der Waals surface area contributed by atoms with Gasteiger partial charge >= 0.3 is 0 Å². The van der Waals surface area contributed by atoms with E-state index in [-0.39, 0.29) is 0 Å². The summed E-state index contributed by atoms with van der Waals surface area (Å²) in [5.74, 6) is 1.59. The van der Waals surface area contributed by atoms with Gasteiger partial charge < -0.3 is 10.1 Å². The van der Waals surface area contributed by atoms with Crippen molar-refractivity contribution in [3.8, 4) is 5.75 Å². The zero-order chi connectivity index (χ0) is 22.5. The molecule has 0 spiro atoms. The molecule has 4 nitrogen and oxygen atoms in total. The molecule has 4 aromatic rings. The Morgan fingerprint density at radius 3 is 2.55 bits per heavy atom. The van der Waals surface area contributed by atoms with Gasteiger partial charge in [0, 0.05) is 35.1 Å². The van der Waals surface area contributed by atoms with Crippen molar-refractivity contribution in [2.45, 2.75) is 25.7 Å². The summed E-state index contributed by atoms with van der Waals surface area (Å²) in [6, 6.07) is 29.5. The van der Waals surface area contributed by atoms with E-state index in [4.69, 9.17) is 4.74 Å². The molecule has 0 bridgehead atoms. The Morgan fingerprint density at radius 1 is 0.909 bits per heavy atom. The van der Waals surface area contributed by atoms with Crippen molar-refractivity contribution < 1.29 is 4.74 Å². The van der Waals surface area contributed by atoms with Gasteiger partial charge in [-0.05, 0) is 68.6 Å². The van der Waals surface area contributed by atoms with Crippen LogP contribution in [0.15, 0.2) is 84.9 Å². The lowest BCUT2D eigenvalue weighted by atomic mass is 9.89. The summed E-state index contributed by atoms with van der Waals surface area (Å²) in [6.07, 6.45) is 2.45. The lowest BCUT2D eigenvalue weighted by molar-refractivity contribution is 0.173. The monoisotopic (exact) mass is 437 g/mol. The number of nitrogens with one attached hydrogen (secondary N) is 1. The number of aromatic nitrogens is 1. The van der Waals surface area contributed by atoms with E-state index >= 15 is 0 Å². The predicted molar refractivity (Wildman–Crippen MR) is 137 cm³/mol. The standard InChI is InChI=1S/C29H31N3O/c1-22-20-29(27-12-5-6-13-28(27)30-22)31-25-10-7-11-26(21-25)33-19-18-32-16-14-24(15-17-32)23-8-3-2-4-9-23/h2-13,20-21,24H,14-19H2,1H3,(H,30,31). The molecular formula is C29H31N3O. The van der Waals surface area contributed by atoms with Gasteiger partial charge in [0.2, 0.25) is 0 Å². The zero-order valence-electron chi connectivity index (χ0n) is 19.2. The highest BCUT2D eigenvalue weighted by atomic mass is 16.5. The molecule has 0 radical (unpaired) electrons. The fourth-order valence-corrected chi connectivity index (χ4v) is 4.74. The second kappa shape index (κ2) is 10.1. The molecule has 1 saturated heterocycles. The Hall–Kier alpha value is -3.37. The molecule has 2 heterocycles. The van der Waals surface area contributed by atoms with Gasteiger partial charge in [-0.2, -0.15) is 0 Å². The summed E-state index contributed by atoms with van der Waals surface area (Å²) in [4.78, 5) is 7.15. The molecule has 0 unspecified atom stereocenters. The zero-order valence-corrected chi connectivity index (χ0v) is 19.2. The van der Waals surface area contributed by atoms with E-state index in [9.17, 15) is 0 Å². The van der Waals surface area contributed by atoms with Crippen LogP contribution in [0.3, 0.4) is 0 Å². The molecule has 5 rings (SSSR count). The summed E-state index contributed by atoms with van der Waals surface area (Å²) in [6.45, 7) is 5.97. The van der Waals surface area contributed by atoms with Gasteiger partial charge in [0.1, 0.15) is 12.4 Å². The molecule has 0 aliphatic carbocycles. The molecule has 1 N–H and O–H groups in total. The quantitative estimate of drug-likeness (QED) is 0.356. The average molecular weight is 438 g/mol. The first-order chi connectivity index (χ1) is 16.2. The molecule has 33 heavy (non-hydrogen) atoms. The second-order valence-corrected chi connectivity index (χ2v) is 8.86. The fraction of sp³-hybridized carbons (Fsp3) is 0.276. The minimum Gasteiger partial charge on any atom is -0.492 e. The topological polar surface area (TPSA) is 37.4 Å². The molecule has 1 aliphatic rings. The van der Waals surface area contributed by atoms with Crippen molar-refractivity contribution in [3.05, 3.63) is 96.2 Å². The van der Waals surface area contributed by atoms with Gasteiger partial charge in [-0.3, -0.25) is 9.88 Å². The number of pyridine rings is 1.